The predicted octanol–water partition coefficient (Wildman–Crippen LogP) is 0.347. The molecule has 0 saturated carbocycles. The van der Waals surface area contributed by atoms with E-state index in [-0.39, 0.29) is 11.3 Å². The fourth-order valence-corrected chi connectivity index (χ4v) is 2.48. The number of nitrogens with two attached hydrogens (primary N) is 1. The van der Waals surface area contributed by atoms with Crippen LogP contribution in [0.2, 0.25) is 0 Å². The van der Waals surface area contributed by atoms with Crippen molar-refractivity contribution in [2.75, 3.05) is 0 Å². The number of primary amides is 1. The van der Waals surface area contributed by atoms with Gasteiger partial charge in [-0.3, -0.25) is 10.1 Å². The quantitative estimate of drug-likeness (QED) is 0.615. The van der Waals surface area contributed by atoms with E-state index < -0.39 is 0 Å². The Balaban J connectivity index is 2.12. The minimum absolute atomic E-state index is 0.235. The minimum atomic E-state index is -0.282. The summed E-state index contributed by atoms with van der Waals surface area (Å²) in [5.41, 5.74) is 5.18. The van der Waals surface area contributed by atoms with Crippen molar-refractivity contribution in [3.05, 3.63) is 23.1 Å². The van der Waals surface area contributed by atoms with Crippen molar-refractivity contribution in [2.24, 2.45) is 5.73 Å². The number of fused-ring (bicyclic) bond motifs is 1. The smallest absolute Gasteiger partial charge is 0.245 e. The first-order valence-electron chi connectivity index (χ1n) is 3.86. The third kappa shape index (κ3) is 1.28. The summed E-state index contributed by atoms with van der Waals surface area (Å²) < 4.78 is 0. The van der Waals surface area contributed by atoms with Gasteiger partial charge >= 0.3 is 0 Å². The molecule has 3 N–H and O–H groups in total. The molecule has 0 radical (unpaired) electrons. The van der Waals surface area contributed by atoms with Crippen molar-refractivity contribution in [3.63, 3.8) is 0 Å². The molecule has 1 amide bonds. The number of hydrogen-bond donors (Lipinski definition) is 2. The van der Waals surface area contributed by atoms with Crippen LogP contribution in [0.1, 0.15) is 6.42 Å². The molecular weight excluding hydrogens is 172 g/mol. The molecule has 0 aromatic carbocycles. The van der Waals surface area contributed by atoms with Gasteiger partial charge in [0, 0.05) is 10.9 Å². The molecule has 64 valence electrons. The van der Waals surface area contributed by atoms with Gasteiger partial charge in [-0.05, 0) is 6.42 Å². The van der Waals surface area contributed by atoms with Gasteiger partial charge in [-0.25, -0.2) is 0 Å². The van der Waals surface area contributed by atoms with Crippen molar-refractivity contribution in [2.45, 2.75) is 17.8 Å². The van der Waals surface area contributed by atoms with Crippen LogP contribution in [0.25, 0.3) is 0 Å². The van der Waals surface area contributed by atoms with E-state index in [9.17, 15) is 4.79 Å². The van der Waals surface area contributed by atoms with Crippen LogP contribution < -0.4 is 11.1 Å². The van der Waals surface area contributed by atoms with E-state index in [1.165, 1.54) is 16.7 Å². The van der Waals surface area contributed by atoms with Crippen LogP contribution in [-0.4, -0.2) is 17.3 Å². The second-order valence-electron chi connectivity index (χ2n) is 2.85. The fraction of sp³-hybridized carbons (Fsp3) is 0.375. The first-order chi connectivity index (χ1) is 5.77. The molecule has 2 rings (SSSR count). The van der Waals surface area contributed by atoms with E-state index in [1.807, 2.05) is 12.2 Å². The number of carbonyl (C=O) groups excluding carboxylic acids is 1. The Bertz CT molecular complexity index is 272. The van der Waals surface area contributed by atoms with E-state index in [4.69, 9.17) is 5.73 Å². The van der Waals surface area contributed by atoms with Crippen LogP contribution in [0, 0.1) is 0 Å². The zero-order chi connectivity index (χ0) is 8.55. The maximum Gasteiger partial charge on any atom is 0.245 e. The van der Waals surface area contributed by atoms with Crippen LogP contribution in [0.3, 0.4) is 0 Å². The zero-order valence-electron chi connectivity index (χ0n) is 6.49. The molecule has 2 unspecified atom stereocenters. The molecule has 2 atom stereocenters. The summed E-state index contributed by atoms with van der Waals surface area (Å²) in [5.74, 6) is -0.282. The number of rotatable bonds is 1. The molecule has 3 nitrogen and oxygen atoms in total. The average molecular weight is 182 g/mol. The summed E-state index contributed by atoms with van der Waals surface area (Å²) in [6, 6.07) is 0.317. The third-order valence-electron chi connectivity index (χ3n) is 1.98. The lowest BCUT2D eigenvalue weighted by Gasteiger charge is -2.11. The Hall–Kier alpha value is -0.740. The topological polar surface area (TPSA) is 55.1 Å². The van der Waals surface area contributed by atoms with Gasteiger partial charge in [0.25, 0.3) is 0 Å². The van der Waals surface area contributed by atoms with E-state index >= 15 is 0 Å². The minimum Gasteiger partial charge on any atom is -0.368 e. The lowest BCUT2D eigenvalue weighted by Crippen LogP contribution is -2.38. The van der Waals surface area contributed by atoms with Gasteiger partial charge in [-0.15, -0.1) is 0 Å². The molecule has 0 aromatic heterocycles. The first kappa shape index (κ1) is 7.89. The van der Waals surface area contributed by atoms with Crippen molar-refractivity contribution in [1.29, 1.82) is 0 Å². The van der Waals surface area contributed by atoms with Crippen molar-refractivity contribution in [1.82, 2.24) is 5.32 Å². The average Bonchev–Trinajstić information content (AvgIpc) is 2.46. The highest BCUT2D eigenvalue weighted by Gasteiger charge is 2.32. The van der Waals surface area contributed by atoms with E-state index in [0.717, 1.165) is 6.42 Å². The molecule has 1 fully saturated rings. The Morgan fingerprint density at radius 2 is 2.58 bits per heavy atom. The molecule has 0 spiro atoms. The van der Waals surface area contributed by atoms with Gasteiger partial charge in [-0.2, -0.15) is 0 Å². The maximum atomic E-state index is 10.8. The van der Waals surface area contributed by atoms with Crippen LogP contribution in [-0.2, 0) is 4.79 Å². The van der Waals surface area contributed by atoms with Gasteiger partial charge in [0.1, 0.15) is 5.37 Å². The SMILES string of the molecule is NC(=O)C1NC2CC=CC=C2S1. The molecule has 1 aliphatic heterocycles. The second kappa shape index (κ2) is 2.95. The van der Waals surface area contributed by atoms with Crippen molar-refractivity contribution in [3.8, 4) is 0 Å². The zero-order valence-corrected chi connectivity index (χ0v) is 7.30. The molecule has 1 saturated heterocycles. The summed E-state index contributed by atoms with van der Waals surface area (Å²) in [6.45, 7) is 0. The Morgan fingerprint density at radius 3 is 3.25 bits per heavy atom. The first-order valence-corrected chi connectivity index (χ1v) is 4.74. The Kier molecular flexibility index (Phi) is 1.94. The number of allylic oxidation sites excluding steroid dienone is 2. The summed E-state index contributed by atoms with van der Waals surface area (Å²) in [5, 5.41) is 2.93. The van der Waals surface area contributed by atoms with E-state index in [2.05, 4.69) is 11.4 Å². The molecule has 0 bridgehead atoms. The summed E-state index contributed by atoms with van der Waals surface area (Å²) in [4.78, 5) is 12.1. The van der Waals surface area contributed by atoms with Gasteiger partial charge in [-0.1, -0.05) is 30.0 Å². The number of carbonyl (C=O) groups is 1. The van der Waals surface area contributed by atoms with Crippen LogP contribution in [0.15, 0.2) is 23.1 Å². The van der Waals surface area contributed by atoms with Crippen LogP contribution >= 0.6 is 11.8 Å². The van der Waals surface area contributed by atoms with Crippen LogP contribution in [0.4, 0.5) is 0 Å². The molecule has 4 heteroatoms. The second-order valence-corrected chi connectivity index (χ2v) is 4.03. The van der Waals surface area contributed by atoms with Gasteiger partial charge in [0.2, 0.25) is 5.91 Å². The Morgan fingerprint density at radius 1 is 1.75 bits per heavy atom. The van der Waals surface area contributed by atoms with Gasteiger partial charge in [0.15, 0.2) is 0 Å². The number of amides is 1. The highest BCUT2D eigenvalue weighted by molar-refractivity contribution is 8.04. The lowest BCUT2D eigenvalue weighted by atomic mass is 10.1. The lowest BCUT2D eigenvalue weighted by molar-refractivity contribution is -0.118. The standard InChI is InChI=1S/C8H10N2OS/c9-7(11)8-10-5-3-1-2-4-6(5)12-8/h1-2,4-5,8,10H,3H2,(H2,9,11). The molecule has 12 heavy (non-hydrogen) atoms. The normalized spacial score (nSPS) is 32.8. The van der Waals surface area contributed by atoms with E-state index in [0.29, 0.717) is 6.04 Å². The fourth-order valence-electron chi connectivity index (χ4n) is 1.37. The summed E-state index contributed by atoms with van der Waals surface area (Å²) in [6.07, 6.45) is 7.10. The monoisotopic (exact) mass is 182 g/mol. The highest BCUT2D eigenvalue weighted by Crippen LogP contribution is 2.34. The van der Waals surface area contributed by atoms with Gasteiger partial charge < -0.3 is 5.73 Å². The predicted molar refractivity (Wildman–Crippen MR) is 49.3 cm³/mol. The largest absolute Gasteiger partial charge is 0.368 e. The number of thioether (sulfide) groups is 1. The molecule has 1 aliphatic carbocycles. The maximum absolute atomic E-state index is 10.8. The number of nitrogens with one attached hydrogen (secondary N) is 1. The Labute approximate surface area is 75.1 Å². The van der Waals surface area contributed by atoms with Gasteiger partial charge in [0.05, 0.1) is 0 Å². The molecule has 1 heterocycles. The highest BCUT2D eigenvalue weighted by atomic mass is 32.2. The summed E-state index contributed by atoms with van der Waals surface area (Å²) >= 11 is 1.53. The molecular formula is C8H10N2OS. The third-order valence-corrected chi connectivity index (χ3v) is 3.27. The van der Waals surface area contributed by atoms with E-state index in [1.54, 1.807) is 0 Å². The molecule has 2 aliphatic rings. The number of hydrogen-bond acceptors (Lipinski definition) is 3. The van der Waals surface area contributed by atoms with Crippen LogP contribution in [0.5, 0.6) is 0 Å². The van der Waals surface area contributed by atoms with Crippen molar-refractivity contribution < 1.29 is 4.79 Å². The summed E-state index contributed by atoms with van der Waals surface area (Å²) in [7, 11) is 0. The van der Waals surface area contributed by atoms with Crippen molar-refractivity contribution >= 4 is 17.7 Å². The molecule has 0 aromatic rings.